The van der Waals surface area contributed by atoms with Gasteiger partial charge in [0.15, 0.2) is 11.5 Å². The lowest BCUT2D eigenvalue weighted by Crippen LogP contribution is -2.25. The Kier molecular flexibility index (Phi) is 6.34. The van der Waals surface area contributed by atoms with Gasteiger partial charge in [0, 0.05) is 14.2 Å². The average Bonchev–Trinajstić information content (AvgIpc) is 3.10. The maximum absolute atomic E-state index is 13.5. The van der Waals surface area contributed by atoms with Gasteiger partial charge in [-0.1, -0.05) is 35.9 Å². The van der Waals surface area contributed by atoms with E-state index in [1.165, 1.54) is 0 Å². The highest BCUT2D eigenvalue weighted by Crippen LogP contribution is 2.37. The molecule has 1 heterocycles. The van der Waals surface area contributed by atoms with Gasteiger partial charge in [-0.25, -0.2) is 0 Å². The van der Waals surface area contributed by atoms with Gasteiger partial charge in [-0.15, -0.1) is 0 Å². The number of hydrogen-bond acceptors (Lipinski definition) is 3. The molecular formula is C25H19ClINO3. The summed E-state index contributed by atoms with van der Waals surface area (Å²) in [7, 11) is 3.18. The predicted octanol–water partition coefficient (Wildman–Crippen LogP) is 6.43. The lowest BCUT2D eigenvalue weighted by molar-refractivity contribution is -0.113. The monoisotopic (exact) mass is 543 g/mol. The highest BCUT2D eigenvalue weighted by Gasteiger charge is 2.30. The minimum absolute atomic E-state index is 0.0956. The van der Waals surface area contributed by atoms with Crippen LogP contribution in [0.2, 0.25) is 5.02 Å². The Morgan fingerprint density at radius 2 is 1.68 bits per heavy atom. The van der Waals surface area contributed by atoms with E-state index >= 15 is 0 Å². The van der Waals surface area contributed by atoms with Gasteiger partial charge in [0.25, 0.3) is 5.91 Å². The van der Waals surface area contributed by atoms with E-state index in [0.29, 0.717) is 22.1 Å². The number of amides is 1. The van der Waals surface area contributed by atoms with Crippen LogP contribution in [0.3, 0.4) is 0 Å². The smallest absolute Gasteiger partial charge is 0.262 e. The Bertz CT molecular complexity index is 1200. The molecule has 0 saturated carbocycles. The molecule has 4 nitrogen and oxygen atoms in total. The molecule has 0 radical (unpaired) electrons. The fourth-order valence-corrected chi connectivity index (χ4v) is 4.09. The van der Waals surface area contributed by atoms with Crippen molar-refractivity contribution in [2.75, 3.05) is 19.1 Å². The molecule has 3 aromatic rings. The second-order valence-corrected chi connectivity index (χ2v) is 8.55. The van der Waals surface area contributed by atoms with Crippen molar-refractivity contribution in [3.05, 3.63) is 98.1 Å². The summed E-state index contributed by atoms with van der Waals surface area (Å²) in [6.45, 7) is 0. The van der Waals surface area contributed by atoms with E-state index in [9.17, 15) is 4.79 Å². The number of halogens is 2. The lowest BCUT2D eigenvalue weighted by atomic mass is 10.1. The van der Waals surface area contributed by atoms with Crippen molar-refractivity contribution >= 4 is 57.6 Å². The summed E-state index contributed by atoms with van der Waals surface area (Å²) in [6.07, 6.45) is 3.76. The van der Waals surface area contributed by atoms with Crippen LogP contribution in [-0.4, -0.2) is 20.1 Å². The zero-order chi connectivity index (χ0) is 22.0. The van der Waals surface area contributed by atoms with E-state index in [-0.39, 0.29) is 5.91 Å². The first-order valence-corrected chi connectivity index (χ1v) is 11.0. The van der Waals surface area contributed by atoms with Crippen LogP contribution >= 0.6 is 34.2 Å². The molecular weight excluding hydrogens is 525 g/mol. The molecule has 31 heavy (non-hydrogen) atoms. The number of carbonyl (C=O) groups excluding carboxylic acids is 1. The summed E-state index contributed by atoms with van der Waals surface area (Å²) in [4.78, 5) is 15.2. The summed E-state index contributed by atoms with van der Waals surface area (Å²) in [6, 6.07) is 20.9. The number of carbonyl (C=O) groups is 1. The summed E-state index contributed by atoms with van der Waals surface area (Å²) in [5.74, 6) is 1.15. The fraction of sp³-hybridized carbons (Fsp3) is 0.0800. The topological polar surface area (TPSA) is 38.8 Å². The molecule has 1 aliphatic rings. The summed E-state index contributed by atoms with van der Waals surface area (Å²) >= 11 is 8.32. The molecule has 0 aliphatic carbocycles. The largest absolute Gasteiger partial charge is 0.493 e. The van der Waals surface area contributed by atoms with Gasteiger partial charge in [0.2, 0.25) is 0 Å². The van der Waals surface area contributed by atoms with E-state index in [1.807, 2.05) is 78.9 Å². The molecule has 0 saturated heterocycles. The highest BCUT2D eigenvalue weighted by atomic mass is 127. The van der Waals surface area contributed by atoms with Gasteiger partial charge in [-0.3, -0.25) is 9.69 Å². The van der Waals surface area contributed by atoms with Crippen molar-refractivity contribution in [2.24, 2.45) is 0 Å². The van der Waals surface area contributed by atoms with Gasteiger partial charge in [-0.05, 0) is 88.3 Å². The number of rotatable bonds is 5. The Labute approximate surface area is 199 Å². The number of ether oxygens (including phenoxy) is 2. The van der Waals surface area contributed by atoms with Crippen LogP contribution < -0.4 is 14.4 Å². The van der Waals surface area contributed by atoms with Crippen molar-refractivity contribution in [2.45, 2.75) is 0 Å². The minimum atomic E-state index is -0.0956. The maximum Gasteiger partial charge on any atom is 0.262 e. The molecule has 1 amide bonds. The van der Waals surface area contributed by atoms with E-state index in [4.69, 9.17) is 21.1 Å². The lowest BCUT2D eigenvalue weighted by Gasteiger charge is -2.21. The third-order valence-corrected chi connectivity index (χ3v) is 5.84. The second kappa shape index (κ2) is 9.16. The van der Waals surface area contributed by atoms with Gasteiger partial charge in [0.1, 0.15) is 0 Å². The zero-order valence-corrected chi connectivity index (χ0v) is 19.8. The molecule has 0 spiro atoms. The Balaban J connectivity index is 1.81. The molecule has 0 N–H and O–H groups in total. The Hall–Kier alpha value is -2.77. The van der Waals surface area contributed by atoms with Crippen LogP contribution in [0, 0.1) is 3.57 Å². The number of methoxy groups -OCH3 is 2. The van der Waals surface area contributed by atoms with Crippen LogP contribution in [0.1, 0.15) is 11.1 Å². The Morgan fingerprint density at radius 3 is 2.35 bits per heavy atom. The van der Waals surface area contributed by atoms with Crippen molar-refractivity contribution < 1.29 is 14.3 Å². The number of anilines is 1. The SMILES string of the molecule is COc1ccc(/C=C2\C=C(c3ccc(Cl)cc3)N(c3cccc(I)c3)C2=O)cc1OC. The molecule has 0 unspecified atom stereocenters. The van der Waals surface area contributed by atoms with Crippen molar-refractivity contribution in [1.82, 2.24) is 0 Å². The van der Waals surface area contributed by atoms with Crippen molar-refractivity contribution in [3.63, 3.8) is 0 Å². The van der Waals surface area contributed by atoms with Crippen molar-refractivity contribution in [3.8, 4) is 11.5 Å². The zero-order valence-electron chi connectivity index (χ0n) is 16.9. The number of benzene rings is 3. The molecule has 0 aromatic heterocycles. The van der Waals surface area contributed by atoms with E-state index < -0.39 is 0 Å². The van der Waals surface area contributed by atoms with Gasteiger partial charge >= 0.3 is 0 Å². The van der Waals surface area contributed by atoms with Crippen LogP contribution in [0.25, 0.3) is 11.8 Å². The van der Waals surface area contributed by atoms with Crippen molar-refractivity contribution in [1.29, 1.82) is 0 Å². The van der Waals surface area contributed by atoms with Crippen LogP contribution in [0.15, 0.2) is 78.4 Å². The number of nitrogens with zero attached hydrogens (tertiary/aromatic N) is 1. The van der Waals surface area contributed by atoms with Gasteiger partial charge < -0.3 is 9.47 Å². The molecule has 156 valence electrons. The molecule has 1 aliphatic heterocycles. The third kappa shape index (κ3) is 4.48. The minimum Gasteiger partial charge on any atom is -0.493 e. The fourth-order valence-electron chi connectivity index (χ4n) is 3.44. The molecule has 6 heteroatoms. The quantitative estimate of drug-likeness (QED) is 0.275. The maximum atomic E-state index is 13.5. The second-order valence-electron chi connectivity index (χ2n) is 6.87. The van der Waals surface area contributed by atoms with Gasteiger partial charge in [-0.2, -0.15) is 0 Å². The molecule has 3 aromatic carbocycles. The summed E-state index contributed by atoms with van der Waals surface area (Å²) < 4.78 is 11.8. The van der Waals surface area contributed by atoms with Crippen LogP contribution in [0.5, 0.6) is 11.5 Å². The summed E-state index contributed by atoms with van der Waals surface area (Å²) in [5, 5.41) is 0.649. The first-order valence-electron chi connectivity index (χ1n) is 9.51. The van der Waals surface area contributed by atoms with Gasteiger partial charge in [0.05, 0.1) is 25.6 Å². The normalized spacial score (nSPS) is 14.7. The molecule has 0 fully saturated rings. The molecule has 4 rings (SSSR count). The van der Waals surface area contributed by atoms with E-state index in [2.05, 4.69) is 22.6 Å². The highest BCUT2D eigenvalue weighted by molar-refractivity contribution is 14.1. The van der Waals surface area contributed by atoms with E-state index in [1.54, 1.807) is 19.1 Å². The van der Waals surface area contributed by atoms with Crippen LogP contribution in [0.4, 0.5) is 5.69 Å². The average molecular weight is 544 g/mol. The molecule has 0 atom stereocenters. The van der Waals surface area contributed by atoms with E-state index in [0.717, 1.165) is 26.1 Å². The third-order valence-electron chi connectivity index (χ3n) is 4.92. The predicted molar refractivity (Wildman–Crippen MR) is 134 cm³/mol. The number of hydrogen-bond donors (Lipinski definition) is 0. The van der Waals surface area contributed by atoms with Crippen LogP contribution in [-0.2, 0) is 4.79 Å². The summed E-state index contributed by atoms with van der Waals surface area (Å²) in [5.41, 5.74) is 3.95. The first-order chi connectivity index (χ1) is 15.0. The standard InChI is InChI=1S/C25H19ClINO3/c1-30-23-11-6-16(13-24(23)31-2)12-18-14-22(17-7-9-19(26)10-8-17)28(25(18)29)21-5-3-4-20(27)15-21/h3-15H,1-2H3/b18-12+. The Morgan fingerprint density at radius 1 is 0.935 bits per heavy atom. The molecule has 0 bridgehead atoms. The first kappa shape index (κ1) is 21.5.